The van der Waals surface area contributed by atoms with E-state index >= 15 is 0 Å². The number of hydrogen-bond donors (Lipinski definition) is 2. The fourth-order valence-corrected chi connectivity index (χ4v) is 3.67. The highest BCUT2D eigenvalue weighted by atomic mass is 16.3. The van der Waals surface area contributed by atoms with Gasteiger partial charge in [-0.1, -0.05) is 25.5 Å². The first-order valence-electron chi connectivity index (χ1n) is 6.88. The van der Waals surface area contributed by atoms with E-state index in [1.807, 2.05) is 13.8 Å². The number of rotatable bonds is 1. The van der Waals surface area contributed by atoms with Gasteiger partial charge in [-0.3, -0.25) is 0 Å². The van der Waals surface area contributed by atoms with Gasteiger partial charge in [0.25, 0.3) is 0 Å². The summed E-state index contributed by atoms with van der Waals surface area (Å²) >= 11 is 0. The Balaban J connectivity index is 2.32. The maximum Gasteiger partial charge on any atom is 0.0686 e. The van der Waals surface area contributed by atoms with E-state index in [0.717, 1.165) is 25.7 Å². The average Bonchev–Trinajstić information content (AvgIpc) is 2.39. The minimum absolute atomic E-state index is 0.216. The van der Waals surface area contributed by atoms with Crippen LogP contribution in [0.25, 0.3) is 0 Å². The fraction of sp³-hybridized carbons (Fsp3) is 0.867. The van der Waals surface area contributed by atoms with Crippen molar-refractivity contribution >= 4 is 0 Å². The molecule has 2 nitrogen and oxygen atoms in total. The third-order valence-electron chi connectivity index (χ3n) is 5.02. The molecule has 0 amide bonds. The van der Waals surface area contributed by atoms with Gasteiger partial charge >= 0.3 is 0 Å². The second-order valence-corrected chi connectivity index (χ2v) is 6.81. The van der Waals surface area contributed by atoms with Crippen LogP contribution in [0, 0.1) is 17.8 Å². The van der Waals surface area contributed by atoms with Gasteiger partial charge in [-0.25, -0.2) is 0 Å². The van der Waals surface area contributed by atoms with Crippen LogP contribution in [0.2, 0.25) is 0 Å². The maximum atomic E-state index is 10.6. The average molecular weight is 238 g/mol. The number of hydrogen-bond acceptors (Lipinski definition) is 2. The first kappa shape index (κ1) is 13.1. The van der Waals surface area contributed by atoms with Crippen LogP contribution in [0.4, 0.5) is 0 Å². The van der Waals surface area contributed by atoms with Crippen LogP contribution >= 0.6 is 0 Å². The molecule has 2 N–H and O–H groups in total. The third kappa shape index (κ3) is 2.30. The van der Waals surface area contributed by atoms with Gasteiger partial charge in [0, 0.05) is 0 Å². The Morgan fingerprint density at radius 3 is 2.41 bits per heavy atom. The van der Waals surface area contributed by atoms with Crippen LogP contribution in [0.3, 0.4) is 0 Å². The van der Waals surface area contributed by atoms with Gasteiger partial charge in [-0.2, -0.15) is 0 Å². The summed E-state index contributed by atoms with van der Waals surface area (Å²) in [5.74, 6) is 0.972. The lowest BCUT2D eigenvalue weighted by Crippen LogP contribution is -2.41. The molecule has 1 saturated carbocycles. The quantitative estimate of drug-likeness (QED) is 0.690. The molecule has 0 radical (unpaired) electrons. The summed E-state index contributed by atoms with van der Waals surface area (Å²) in [4.78, 5) is 0. The number of aliphatic hydroxyl groups is 2. The Morgan fingerprint density at radius 2 is 1.82 bits per heavy atom. The predicted octanol–water partition coefficient (Wildman–Crippen LogP) is 2.89. The molecule has 0 aromatic rings. The monoisotopic (exact) mass is 238 g/mol. The molecule has 0 heterocycles. The molecule has 2 heteroatoms. The second kappa shape index (κ2) is 4.10. The minimum atomic E-state index is -0.651. The molecule has 0 aliphatic heterocycles. The summed E-state index contributed by atoms with van der Waals surface area (Å²) in [6.07, 6.45) is 5.66. The Labute approximate surface area is 105 Å². The summed E-state index contributed by atoms with van der Waals surface area (Å²) in [5.41, 5.74) is 0.148. The molecule has 4 atom stereocenters. The molecule has 0 unspecified atom stereocenters. The van der Waals surface area contributed by atoms with Crippen molar-refractivity contribution in [2.75, 3.05) is 0 Å². The van der Waals surface area contributed by atoms with Crippen LogP contribution in [0.5, 0.6) is 0 Å². The topological polar surface area (TPSA) is 40.5 Å². The van der Waals surface area contributed by atoms with Crippen molar-refractivity contribution < 1.29 is 10.2 Å². The maximum absolute atomic E-state index is 10.6. The van der Waals surface area contributed by atoms with Crippen LogP contribution in [-0.2, 0) is 0 Å². The standard InChI is InChI=1S/C15H26O2/c1-10(2)11-5-7-14(3,16)12-6-8-15(4,17)13(12)9-11/h5,10,12-13,16-17H,6-9H2,1-4H3/t12-,13+,14+,15-/m0/s1. The highest BCUT2D eigenvalue weighted by Crippen LogP contribution is 2.51. The Hall–Kier alpha value is -0.340. The predicted molar refractivity (Wildman–Crippen MR) is 69.6 cm³/mol. The van der Waals surface area contributed by atoms with E-state index in [1.165, 1.54) is 5.57 Å². The van der Waals surface area contributed by atoms with Gasteiger partial charge < -0.3 is 10.2 Å². The van der Waals surface area contributed by atoms with Gasteiger partial charge in [0.2, 0.25) is 0 Å². The summed E-state index contributed by atoms with van der Waals surface area (Å²) in [6, 6.07) is 0. The first-order valence-corrected chi connectivity index (χ1v) is 6.88. The summed E-state index contributed by atoms with van der Waals surface area (Å²) in [5, 5.41) is 21.1. The molecule has 2 aliphatic rings. The number of allylic oxidation sites excluding steroid dienone is 1. The van der Waals surface area contributed by atoms with E-state index < -0.39 is 11.2 Å². The van der Waals surface area contributed by atoms with Crippen molar-refractivity contribution in [1.82, 2.24) is 0 Å². The highest BCUT2D eigenvalue weighted by molar-refractivity contribution is 5.16. The zero-order valence-electron chi connectivity index (χ0n) is 11.5. The van der Waals surface area contributed by atoms with Crippen molar-refractivity contribution in [1.29, 1.82) is 0 Å². The Kier molecular flexibility index (Phi) is 3.16. The minimum Gasteiger partial charge on any atom is -0.390 e. The highest BCUT2D eigenvalue weighted by Gasteiger charge is 2.51. The first-order chi connectivity index (χ1) is 7.74. The molecule has 1 fully saturated rings. The van der Waals surface area contributed by atoms with Crippen molar-refractivity contribution in [2.45, 2.75) is 64.6 Å². The fourth-order valence-electron chi connectivity index (χ4n) is 3.67. The molecule has 0 aromatic heterocycles. The molecule has 98 valence electrons. The van der Waals surface area contributed by atoms with E-state index in [4.69, 9.17) is 0 Å². The Bertz CT molecular complexity index is 326. The normalized spacial score (nSPS) is 46.6. The van der Waals surface area contributed by atoms with E-state index in [-0.39, 0.29) is 11.8 Å². The molecular formula is C15H26O2. The number of fused-ring (bicyclic) bond motifs is 1. The van der Waals surface area contributed by atoms with Gasteiger partial charge in [0.05, 0.1) is 11.2 Å². The van der Waals surface area contributed by atoms with Gasteiger partial charge in [0.1, 0.15) is 0 Å². The van der Waals surface area contributed by atoms with Gasteiger partial charge in [-0.15, -0.1) is 0 Å². The Morgan fingerprint density at radius 1 is 1.18 bits per heavy atom. The van der Waals surface area contributed by atoms with Crippen LogP contribution < -0.4 is 0 Å². The van der Waals surface area contributed by atoms with E-state index in [9.17, 15) is 10.2 Å². The smallest absolute Gasteiger partial charge is 0.0686 e. The molecule has 2 rings (SSSR count). The third-order valence-corrected chi connectivity index (χ3v) is 5.02. The van der Waals surface area contributed by atoms with Crippen LogP contribution in [-0.4, -0.2) is 21.4 Å². The summed E-state index contributed by atoms with van der Waals surface area (Å²) in [7, 11) is 0. The van der Waals surface area contributed by atoms with Crippen molar-refractivity contribution in [3.8, 4) is 0 Å². The molecule has 0 spiro atoms. The van der Waals surface area contributed by atoms with Crippen LogP contribution in [0.15, 0.2) is 11.6 Å². The lowest BCUT2D eigenvalue weighted by Gasteiger charge is -2.35. The van der Waals surface area contributed by atoms with Crippen molar-refractivity contribution in [3.05, 3.63) is 11.6 Å². The van der Waals surface area contributed by atoms with E-state index in [0.29, 0.717) is 5.92 Å². The summed E-state index contributed by atoms with van der Waals surface area (Å²) in [6.45, 7) is 8.28. The lowest BCUT2D eigenvalue weighted by atomic mass is 9.75. The van der Waals surface area contributed by atoms with Crippen molar-refractivity contribution in [2.24, 2.45) is 17.8 Å². The zero-order chi connectivity index (χ0) is 12.8. The second-order valence-electron chi connectivity index (χ2n) is 6.81. The summed E-state index contributed by atoms with van der Waals surface area (Å²) < 4.78 is 0. The van der Waals surface area contributed by atoms with Gasteiger partial charge in [0.15, 0.2) is 0 Å². The molecule has 0 aromatic carbocycles. The van der Waals surface area contributed by atoms with Gasteiger partial charge in [-0.05, 0) is 57.3 Å². The van der Waals surface area contributed by atoms with E-state index in [1.54, 1.807) is 0 Å². The molecule has 17 heavy (non-hydrogen) atoms. The molecular weight excluding hydrogens is 212 g/mol. The molecule has 2 aliphatic carbocycles. The van der Waals surface area contributed by atoms with E-state index in [2.05, 4.69) is 19.9 Å². The van der Waals surface area contributed by atoms with Crippen molar-refractivity contribution in [3.63, 3.8) is 0 Å². The van der Waals surface area contributed by atoms with Crippen LogP contribution in [0.1, 0.15) is 53.4 Å². The zero-order valence-corrected chi connectivity index (χ0v) is 11.5. The molecule has 0 bridgehead atoms. The SMILES string of the molecule is CC(C)C1=CC[C@@](C)(O)[C@H]2CC[C@](C)(O)[C@@H]2C1. The lowest BCUT2D eigenvalue weighted by molar-refractivity contribution is -0.0514. The molecule has 0 saturated heterocycles. The largest absolute Gasteiger partial charge is 0.390 e.